The standard InChI is InChI=1S/C13H12.C12H10.2C10H8.C6H6.20C2H6/c1-3-7-12(8-4-1)11-13-9-5-2-6-10-13;1-3-7-11(8-4-1)12-9-5-2-6-10-12;2*1-2-6-10-8-4-3-7-9(10)5-1;1-2-4-6-5-3-1;20*1-2/h1-10H,11H2;1-10H;2*1-8H;1-6H;20*1-2H3. The molecule has 91 heavy (non-hydrogen) atoms. The van der Waals surface area contributed by atoms with Crippen molar-refractivity contribution in [3.63, 3.8) is 0 Å². The monoisotopic (exact) mass is 1260 g/mol. The first-order chi connectivity index (χ1) is 45.3. The van der Waals surface area contributed by atoms with E-state index < -0.39 is 0 Å². The first kappa shape index (κ1) is 126. The van der Waals surface area contributed by atoms with E-state index in [4.69, 9.17) is 0 Å². The molecule has 0 heteroatoms. The average molecular weight is 1260 g/mol. The van der Waals surface area contributed by atoms with E-state index in [1.54, 1.807) is 0 Å². The molecule has 0 atom stereocenters. The van der Waals surface area contributed by atoms with Gasteiger partial charge in [-0.05, 0) is 50.2 Å². The third-order valence-corrected chi connectivity index (χ3v) is 7.96. The Morgan fingerprint density at radius 2 is 0.220 bits per heavy atom. The molecular formula is C91H164. The van der Waals surface area contributed by atoms with Gasteiger partial charge in [-0.3, -0.25) is 0 Å². The predicted octanol–water partition coefficient (Wildman–Crippen LogP) is 34.5. The molecule has 0 saturated heterocycles. The van der Waals surface area contributed by atoms with Gasteiger partial charge in [0, 0.05) is 0 Å². The molecular weight excluding hydrogens is 1090 g/mol. The van der Waals surface area contributed by atoms with Crippen LogP contribution in [-0.2, 0) is 6.42 Å². The summed E-state index contributed by atoms with van der Waals surface area (Å²) in [5, 5.41) is 5.24. The Morgan fingerprint density at radius 3 is 0.352 bits per heavy atom. The van der Waals surface area contributed by atoms with Crippen LogP contribution in [0.5, 0.6) is 0 Å². The van der Waals surface area contributed by atoms with Crippen LogP contribution in [0.25, 0.3) is 32.7 Å². The Bertz CT molecular complexity index is 1890. The Hall–Kier alpha value is -6.50. The molecule has 0 bridgehead atoms. The Labute approximate surface area is 578 Å². The van der Waals surface area contributed by atoms with Gasteiger partial charge >= 0.3 is 0 Å². The molecule has 0 aliphatic rings. The number of benzene rings is 9. The molecule has 528 valence electrons. The second-order valence-electron chi connectivity index (χ2n) is 11.7. The van der Waals surface area contributed by atoms with Gasteiger partial charge in [0.15, 0.2) is 0 Å². The molecule has 0 heterocycles. The van der Waals surface area contributed by atoms with Crippen molar-refractivity contribution in [1.82, 2.24) is 0 Å². The lowest BCUT2D eigenvalue weighted by Crippen LogP contribution is -1.85. The smallest absolute Gasteiger partial charge is 0.00258 e. The molecule has 0 amide bonds. The molecule has 0 fully saturated rings. The minimum absolute atomic E-state index is 1.03. The summed E-state index contributed by atoms with van der Waals surface area (Å²) in [5.41, 5.74) is 5.29. The second-order valence-corrected chi connectivity index (χ2v) is 11.7. The van der Waals surface area contributed by atoms with Gasteiger partial charge in [-0.1, -0.05) is 532 Å². The molecule has 0 aliphatic carbocycles. The summed E-state index contributed by atoms with van der Waals surface area (Å²) in [5.74, 6) is 0. The van der Waals surface area contributed by atoms with Crippen LogP contribution >= 0.6 is 0 Å². The van der Waals surface area contributed by atoms with Crippen molar-refractivity contribution < 1.29 is 0 Å². The molecule has 0 nitrogen and oxygen atoms in total. The first-order valence-electron chi connectivity index (χ1n) is 37.4. The van der Waals surface area contributed by atoms with E-state index in [0.29, 0.717) is 0 Å². The summed E-state index contributed by atoms with van der Waals surface area (Å²) in [4.78, 5) is 0. The molecule has 0 N–H and O–H groups in total. The van der Waals surface area contributed by atoms with Crippen LogP contribution in [0.1, 0.15) is 288 Å². The van der Waals surface area contributed by atoms with Crippen LogP contribution in [0, 0.1) is 0 Å². The fourth-order valence-electron chi connectivity index (χ4n) is 5.34. The predicted molar refractivity (Wildman–Crippen MR) is 449 cm³/mol. The van der Waals surface area contributed by atoms with Crippen molar-refractivity contribution in [1.29, 1.82) is 0 Å². The Morgan fingerprint density at radius 1 is 0.121 bits per heavy atom. The lowest BCUT2D eigenvalue weighted by atomic mass is 10.1. The van der Waals surface area contributed by atoms with Crippen LogP contribution in [0.2, 0.25) is 0 Å². The van der Waals surface area contributed by atoms with E-state index in [0.717, 1.165) is 6.42 Å². The Balaban J connectivity index is -0.0000000488. The minimum atomic E-state index is 1.03. The van der Waals surface area contributed by atoms with Gasteiger partial charge in [0.1, 0.15) is 0 Å². The maximum atomic E-state index is 2.16. The van der Waals surface area contributed by atoms with E-state index in [1.165, 1.54) is 43.8 Å². The molecule has 9 aromatic rings. The number of fused-ring (bicyclic) bond motifs is 2. The highest BCUT2D eigenvalue weighted by atomic mass is 14.0. The second kappa shape index (κ2) is 155. The van der Waals surface area contributed by atoms with Crippen molar-refractivity contribution in [2.75, 3.05) is 0 Å². The highest BCUT2D eigenvalue weighted by molar-refractivity contribution is 5.82. The SMILES string of the molecule is CC.CC.CC.CC.CC.CC.CC.CC.CC.CC.CC.CC.CC.CC.CC.CC.CC.CC.CC.CC.c1ccc(-c2ccccc2)cc1.c1ccc(Cc2ccccc2)cc1.c1ccc2ccccc2c1.c1ccc2ccccc2c1.c1ccccc1. The normalized spacial score (nSPS) is 6.73. The van der Waals surface area contributed by atoms with E-state index in [1.807, 2.05) is 325 Å². The van der Waals surface area contributed by atoms with Crippen LogP contribution in [0.4, 0.5) is 0 Å². The van der Waals surface area contributed by atoms with Crippen LogP contribution in [-0.4, -0.2) is 0 Å². The summed E-state index contributed by atoms with van der Waals surface area (Å²) >= 11 is 0. The number of hydrogen-bond donors (Lipinski definition) is 0. The maximum absolute atomic E-state index is 2.16. The van der Waals surface area contributed by atoms with Gasteiger partial charge in [0.05, 0.1) is 0 Å². The van der Waals surface area contributed by atoms with Crippen molar-refractivity contribution in [2.24, 2.45) is 0 Å². The van der Waals surface area contributed by atoms with Gasteiger partial charge in [-0.2, -0.15) is 0 Å². The van der Waals surface area contributed by atoms with Crippen molar-refractivity contribution in [2.45, 2.75) is 283 Å². The van der Waals surface area contributed by atoms with Gasteiger partial charge in [-0.15, -0.1) is 0 Å². The summed E-state index contributed by atoms with van der Waals surface area (Å²) in [6.45, 7) is 80.0. The van der Waals surface area contributed by atoms with Crippen LogP contribution < -0.4 is 0 Å². The average Bonchev–Trinajstić information content (AvgIpc) is 3.91. The molecule has 0 saturated carbocycles. The topological polar surface area (TPSA) is 0 Å². The lowest BCUT2D eigenvalue weighted by molar-refractivity contribution is 1.19. The first-order valence-corrected chi connectivity index (χ1v) is 37.4. The van der Waals surface area contributed by atoms with Crippen LogP contribution in [0.15, 0.2) is 255 Å². The fraction of sp³-hybridized carbons (Fsp3) is 0.451. The van der Waals surface area contributed by atoms with E-state index >= 15 is 0 Å². The van der Waals surface area contributed by atoms with E-state index in [9.17, 15) is 0 Å². The fourth-order valence-corrected chi connectivity index (χ4v) is 5.34. The van der Waals surface area contributed by atoms with Crippen LogP contribution in [0.3, 0.4) is 0 Å². The quantitative estimate of drug-likeness (QED) is 0.165. The molecule has 0 aromatic heterocycles. The molecule has 9 rings (SSSR count). The number of rotatable bonds is 3. The van der Waals surface area contributed by atoms with Gasteiger partial charge < -0.3 is 0 Å². The van der Waals surface area contributed by atoms with Gasteiger partial charge in [0.25, 0.3) is 0 Å². The third-order valence-electron chi connectivity index (χ3n) is 7.96. The minimum Gasteiger partial charge on any atom is -0.0683 e. The van der Waals surface area contributed by atoms with Gasteiger partial charge in [0.2, 0.25) is 0 Å². The lowest BCUT2D eigenvalue weighted by Gasteiger charge is -2.00. The highest BCUT2D eigenvalue weighted by Gasteiger charge is 1.93. The van der Waals surface area contributed by atoms with E-state index in [-0.39, 0.29) is 0 Å². The highest BCUT2D eigenvalue weighted by Crippen LogP contribution is 2.17. The van der Waals surface area contributed by atoms with Crippen molar-refractivity contribution in [3.8, 4) is 11.1 Å². The molecule has 0 spiro atoms. The summed E-state index contributed by atoms with van der Waals surface area (Å²) in [6, 6.07) is 87.3. The zero-order chi connectivity index (χ0) is 75.0. The van der Waals surface area contributed by atoms with Crippen molar-refractivity contribution >= 4 is 21.5 Å². The molecule has 9 aromatic carbocycles. The largest absolute Gasteiger partial charge is 0.0683 e. The summed E-state index contributed by atoms with van der Waals surface area (Å²) < 4.78 is 0. The van der Waals surface area contributed by atoms with Gasteiger partial charge in [-0.25, -0.2) is 0 Å². The molecule has 0 unspecified atom stereocenters. The maximum Gasteiger partial charge on any atom is -0.00258 e. The zero-order valence-electron chi connectivity index (χ0n) is 69.0. The zero-order valence-corrected chi connectivity index (χ0v) is 69.0. The molecule has 0 aliphatic heterocycles. The van der Waals surface area contributed by atoms with Crippen molar-refractivity contribution in [3.05, 3.63) is 266 Å². The third kappa shape index (κ3) is 97.3. The summed E-state index contributed by atoms with van der Waals surface area (Å²) in [7, 11) is 0. The summed E-state index contributed by atoms with van der Waals surface area (Å²) in [6.07, 6.45) is 1.03. The molecule has 0 radical (unpaired) electrons. The van der Waals surface area contributed by atoms with E-state index in [2.05, 4.69) is 206 Å². The number of hydrogen-bond acceptors (Lipinski definition) is 0. The Kier molecular flexibility index (Phi) is 214.